The van der Waals surface area contributed by atoms with Crippen molar-refractivity contribution in [2.45, 2.75) is 57.9 Å². The third kappa shape index (κ3) is 4.43. The maximum atomic E-state index is 12.4. The minimum absolute atomic E-state index is 0.103. The molecule has 0 spiro atoms. The number of nitrogens with one attached hydrogen (secondary N) is 2. The lowest BCUT2D eigenvalue weighted by molar-refractivity contribution is -0.126. The Morgan fingerprint density at radius 1 is 1.12 bits per heavy atom. The summed E-state index contributed by atoms with van der Waals surface area (Å²) in [5.74, 6) is 0.515. The molecule has 0 aromatic carbocycles. The molecule has 24 heavy (non-hydrogen) atoms. The molecule has 3 rings (SSSR count). The first-order chi connectivity index (χ1) is 11.6. The van der Waals surface area contributed by atoms with E-state index in [2.05, 4.69) is 24.9 Å². The number of amides is 2. The number of piperidine rings is 1. The molecular weight excluding hydrogens is 326 g/mol. The smallest absolute Gasteiger partial charge is 0.243 e. The predicted molar refractivity (Wildman–Crippen MR) is 94.2 cm³/mol. The fourth-order valence-electron chi connectivity index (χ4n) is 3.45. The van der Waals surface area contributed by atoms with Crippen molar-refractivity contribution in [1.82, 2.24) is 14.7 Å². The Morgan fingerprint density at radius 3 is 2.50 bits per heavy atom. The Balaban J connectivity index is 1.47. The fraction of sp³-hybridized carbons (Fsp3) is 0.750. The zero-order chi connectivity index (χ0) is 16.9. The zero-order valence-corrected chi connectivity index (χ0v) is 14.9. The highest BCUT2D eigenvalue weighted by molar-refractivity contribution is 7.09. The van der Waals surface area contributed by atoms with Crippen LogP contribution in [0.2, 0.25) is 0 Å². The van der Waals surface area contributed by atoms with Gasteiger partial charge in [-0.15, -0.1) is 0 Å². The molecule has 1 aromatic heterocycles. The van der Waals surface area contributed by atoms with Gasteiger partial charge in [-0.25, -0.2) is 0 Å². The summed E-state index contributed by atoms with van der Waals surface area (Å²) in [5.41, 5.74) is 0. The average Bonchev–Trinajstić information content (AvgIpc) is 3.03. The van der Waals surface area contributed by atoms with Crippen LogP contribution in [0.25, 0.3) is 0 Å². The first kappa shape index (κ1) is 17.1. The van der Waals surface area contributed by atoms with Crippen molar-refractivity contribution in [2.75, 3.05) is 23.3 Å². The lowest BCUT2D eigenvalue weighted by Crippen LogP contribution is -2.44. The van der Waals surface area contributed by atoms with Gasteiger partial charge in [0.1, 0.15) is 0 Å². The third-order valence-electron chi connectivity index (χ3n) is 4.79. The van der Waals surface area contributed by atoms with Crippen molar-refractivity contribution >= 4 is 34.4 Å². The van der Waals surface area contributed by atoms with Gasteiger partial charge in [0.05, 0.1) is 0 Å². The molecule has 0 bridgehead atoms. The summed E-state index contributed by atoms with van der Waals surface area (Å²) in [6.07, 6.45) is 7.70. The summed E-state index contributed by atoms with van der Waals surface area (Å²) >= 11 is 1.29. The molecule has 2 heterocycles. The van der Waals surface area contributed by atoms with Crippen LogP contribution in [-0.2, 0) is 9.59 Å². The molecule has 1 saturated heterocycles. The van der Waals surface area contributed by atoms with Crippen LogP contribution in [0.3, 0.4) is 0 Å². The highest BCUT2D eigenvalue weighted by atomic mass is 32.1. The zero-order valence-electron chi connectivity index (χ0n) is 14.1. The molecule has 1 aliphatic carbocycles. The molecule has 8 heteroatoms. The summed E-state index contributed by atoms with van der Waals surface area (Å²) < 4.78 is 4.14. The largest absolute Gasteiger partial charge is 0.353 e. The van der Waals surface area contributed by atoms with Gasteiger partial charge < -0.3 is 10.2 Å². The number of hydrogen-bond acceptors (Lipinski definition) is 6. The van der Waals surface area contributed by atoms with Crippen LogP contribution >= 0.6 is 11.5 Å². The van der Waals surface area contributed by atoms with Crippen molar-refractivity contribution in [3.05, 3.63) is 0 Å². The first-order valence-electron chi connectivity index (χ1n) is 8.78. The summed E-state index contributed by atoms with van der Waals surface area (Å²) in [7, 11) is 0. The summed E-state index contributed by atoms with van der Waals surface area (Å²) in [4.78, 5) is 30.0. The molecule has 7 nitrogen and oxygen atoms in total. The Labute approximate surface area is 146 Å². The van der Waals surface area contributed by atoms with E-state index in [1.54, 1.807) is 0 Å². The van der Waals surface area contributed by atoms with Gasteiger partial charge in [-0.3, -0.25) is 14.9 Å². The summed E-state index contributed by atoms with van der Waals surface area (Å²) in [6, 6.07) is 0.382. The highest BCUT2D eigenvalue weighted by Crippen LogP contribution is 2.26. The number of rotatable bonds is 4. The number of anilines is 2. The number of carbonyl (C=O) groups is 2. The Kier molecular flexibility index (Phi) is 5.65. The van der Waals surface area contributed by atoms with Crippen LogP contribution < -0.4 is 15.5 Å². The quantitative estimate of drug-likeness (QED) is 0.868. The van der Waals surface area contributed by atoms with Gasteiger partial charge in [-0.2, -0.15) is 9.36 Å². The highest BCUT2D eigenvalue weighted by Gasteiger charge is 2.28. The van der Waals surface area contributed by atoms with Gasteiger partial charge in [0, 0.05) is 43.5 Å². The second-order valence-electron chi connectivity index (χ2n) is 6.69. The minimum atomic E-state index is -0.169. The van der Waals surface area contributed by atoms with Gasteiger partial charge in [-0.1, -0.05) is 19.3 Å². The Bertz CT molecular complexity index is 577. The molecule has 1 saturated carbocycles. The van der Waals surface area contributed by atoms with E-state index in [0.717, 1.165) is 43.9 Å². The van der Waals surface area contributed by atoms with E-state index in [-0.39, 0.29) is 17.7 Å². The molecule has 0 atom stereocenters. The molecule has 0 unspecified atom stereocenters. The van der Waals surface area contributed by atoms with Crippen molar-refractivity contribution in [1.29, 1.82) is 0 Å². The first-order valence-corrected chi connectivity index (χ1v) is 9.56. The van der Waals surface area contributed by atoms with E-state index in [4.69, 9.17) is 0 Å². The van der Waals surface area contributed by atoms with Gasteiger partial charge in [-0.05, 0) is 25.7 Å². The summed E-state index contributed by atoms with van der Waals surface area (Å²) in [5, 5.41) is 6.64. The van der Waals surface area contributed by atoms with Crippen LogP contribution in [0, 0.1) is 5.92 Å². The Hall–Kier alpha value is -1.70. The van der Waals surface area contributed by atoms with E-state index in [0.29, 0.717) is 12.0 Å². The minimum Gasteiger partial charge on any atom is -0.353 e. The summed E-state index contributed by atoms with van der Waals surface area (Å²) in [6.45, 7) is 3.05. The molecule has 2 aliphatic rings. The number of nitrogens with zero attached hydrogens (tertiary/aromatic N) is 3. The van der Waals surface area contributed by atoms with Gasteiger partial charge in [0.25, 0.3) is 0 Å². The third-order valence-corrected chi connectivity index (χ3v) is 5.57. The number of hydrogen-bond donors (Lipinski definition) is 2. The van der Waals surface area contributed by atoms with Crippen LogP contribution in [0.4, 0.5) is 11.1 Å². The van der Waals surface area contributed by atoms with E-state index in [9.17, 15) is 9.59 Å². The van der Waals surface area contributed by atoms with Crippen LogP contribution in [-0.4, -0.2) is 40.3 Å². The molecule has 0 radical (unpaired) electrons. The maximum absolute atomic E-state index is 12.4. The Morgan fingerprint density at radius 2 is 1.83 bits per heavy atom. The second kappa shape index (κ2) is 7.92. The van der Waals surface area contributed by atoms with Crippen molar-refractivity contribution in [3.8, 4) is 0 Å². The topological polar surface area (TPSA) is 87.2 Å². The van der Waals surface area contributed by atoms with Gasteiger partial charge in [0.15, 0.2) is 0 Å². The molecule has 2 amide bonds. The standard InChI is InChI=1S/C16H25N5O2S/c1-11(22)17-15-19-16(24-20-15)21-9-7-12(8-10-21)14(23)18-13-5-3-2-4-6-13/h12-13H,2-10H2,1H3,(H,18,23)(H,17,20,22). The van der Waals surface area contributed by atoms with Crippen LogP contribution in [0.15, 0.2) is 0 Å². The fourth-order valence-corrected chi connectivity index (χ4v) is 4.13. The van der Waals surface area contributed by atoms with Gasteiger partial charge in [0.2, 0.25) is 22.9 Å². The average molecular weight is 351 g/mol. The van der Waals surface area contributed by atoms with Crippen LogP contribution in [0.1, 0.15) is 51.9 Å². The number of carbonyl (C=O) groups excluding carboxylic acids is 2. The van der Waals surface area contributed by atoms with E-state index < -0.39 is 0 Å². The molecule has 2 N–H and O–H groups in total. The van der Waals surface area contributed by atoms with Crippen molar-refractivity contribution in [2.24, 2.45) is 5.92 Å². The normalized spacial score (nSPS) is 20.0. The van der Waals surface area contributed by atoms with E-state index in [1.165, 1.54) is 37.7 Å². The molecule has 2 fully saturated rings. The van der Waals surface area contributed by atoms with Crippen molar-refractivity contribution in [3.63, 3.8) is 0 Å². The molecular formula is C16H25N5O2S. The van der Waals surface area contributed by atoms with E-state index >= 15 is 0 Å². The van der Waals surface area contributed by atoms with Crippen LogP contribution in [0.5, 0.6) is 0 Å². The molecule has 1 aromatic rings. The monoisotopic (exact) mass is 351 g/mol. The molecule has 1 aliphatic heterocycles. The maximum Gasteiger partial charge on any atom is 0.243 e. The lowest BCUT2D eigenvalue weighted by atomic mass is 9.92. The SMILES string of the molecule is CC(=O)Nc1nsc(N2CCC(C(=O)NC3CCCCC3)CC2)n1. The lowest BCUT2D eigenvalue weighted by Gasteiger charge is -2.32. The second-order valence-corrected chi connectivity index (χ2v) is 7.42. The number of aromatic nitrogens is 2. The van der Waals surface area contributed by atoms with Gasteiger partial charge >= 0.3 is 0 Å². The molecule has 132 valence electrons. The van der Waals surface area contributed by atoms with E-state index in [1.807, 2.05) is 0 Å². The van der Waals surface area contributed by atoms with Crippen molar-refractivity contribution < 1.29 is 9.59 Å². The predicted octanol–water partition coefficient (Wildman–Crippen LogP) is 2.16.